The normalized spacial score (nSPS) is 26.8. The van der Waals surface area contributed by atoms with Gasteiger partial charge in [-0.15, -0.1) is 4.52 Å². The second-order valence-electron chi connectivity index (χ2n) is 4.79. The Bertz CT molecular complexity index is 404. The minimum absolute atomic E-state index is 0.237. The second-order valence-corrected chi connectivity index (χ2v) is 6.68. The highest BCUT2D eigenvalue weighted by atomic mass is 35.5. The largest absolute Gasteiger partial charge is 0.570 e. The summed E-state index contributed by atoms with van der Waals surface area (Å²) in [6, 6.07) is 7.14. The minimum atomic E-state index is -3.68. The van der Waals surface area contributed by atoms with Crippen LogP contribution in [0, 0.1) is 5.41 Å². The van der Waals surface area contributed by atoms with E-state index in [1.807, 2.05) is 26.0 Å². The summed E-state index contributed by atoms with van der Waals surface area (Å²) in [5.74, 6) is 0. The molecule has 1 fully saturated rings. The van der Waals surface area contributed by atoms with Crippen LogP contribution in [0.5, 0.6) is 0 Å². The van der Waals surface area contributed by atoms with Crippen LogP contribution in [0.1, 0.15) is 25.5 Å². The average molecular weight is 278 g/mol. The lowest BCUT2D eigenvalue weighted by Crippen LogP contribution is -2.34. The first-order valence-electron chi connectivity index (χ1n) is 5.23. The zero-order valence-corrected chi connectivity index (χ0v) is 11.3. The summed E-state index contributed by atoms with van der Waals surface area (Å²) in [6.45, 7) is 4.14. The van der Waals surface area contributed by atoms with Crippen LogP contribution in [0.25, 0.3) is 0 Å². The Morgan fingerprint density at radius 1 is 1.29 bits per heavy atom. The molecule has 1 aromatic carbocycles. The number of hydrogen-bond donors (Lipinski definition) is 2. The van der Waals surface area contributed by atoms with Crippen LogP contribution in [0.15, 0.2) is 24.3 Å². The van der Waals surface area contributed by atoms with Gasteiger partial charge in [-0.2, -0.15) is 14.3 Å². The highest BCUT2D eigenvalue weighted by molar-refractivity contribution is 7.54. The predicted octanol–water partition coefficient (Wildman–Crippen LogP) is 3.12. The molecule has 94 valence electrons. The van der Waals surface area contributed by atoms with Crippen molar-refractivity contribution in [2.45, 2.75) is 20.0 Å². The molecule has 0 spiro atoms. The Kier molecular flexibility index (Phi) is 3.47. The average Bonchev–Trinajstić information content (AvgIpc) is 2.24. The van der Waals surface area contributed by atoms with E-state index >= 15 is 0 Å². The molecule has 0 radical (unpaired) electrons. The van der Waals surface area contributed by atoms with Crippen molar-refractivity contribution >= 4 is 19.8 Å². The van der Waals surface area contributed by atoms with Crippen LogP contribution >= 0.6 is 19.8 Å². The van der Waals surface area contributed by atoms with E-state index in [2.05, 4.69) is 0 Å². The lowest BCUT2D eigenvalue weighted by atomic mass is 9.83. The summed E-state index contributed by atoms with van der Waals surface area (Å²) >= 11 is 5.82. The van der Waals surface area contributed by atoms with E-state index in [4.69, 9.17) is 20.6 Å². The summed E-state index contributed by atoms with van der Waals surface area (Å²) in [7, 11) is -3.68. The molecular formula is C11H15ClO4P+. The van der Waals surface area contributed by atoms with Crippen molar-refractivity contribution in [3.05, 3.63) is 34.9 Å². The molecule has 0 bridgehead atoms. The summed E-state index contributed by atoms with van der Waals surface area (Å²) in [6.07, 6.45) is -0.420. The van der Waals surface area contributed by atoms with Crippen molar-refractivity contribution in [3.8, 4) is 0 Å². The molecule has 0 aromatic heterocycles. The molecule has 6 heteroatoms. The number of rotatable bonds is 1. The Morgan fingerprint density at radius 2 is 1.88 bits per heavy atom. The highest BCUT2D eigenvalue weighted by Gasteiger charge is 2.54. The van der Waals surface area contributed by atoms with Gasteiger partial charge in [0.15, 0.2) is 0 Å². The molecule has 1 aliphatic heterocycles. The minimum Gasteiger partial charge on any atom is -0.168 e. The van der Waals surface area contributed by atoms with Gasteiger partial charge in [0.1, 0.15) is 12.7 Å². The van der Waals surface area contributed by atoms with Gasteiger partial charge in [-0.05, 0) is 17.7 Å². The monoisotopic (exact) mass is 277 g/mol. The van der Waals surface area contributed by atoms with E-state index < -0.39 is 14.3 Å². The molecule has 1 aromatic rings. The van der Waals surface area contributed by atoms with Crippen LogP contribution in [0.4, 0.5) is 0 Å². The first-order chi connectivity index (χ1) is 7.80. The fourth-order valence-electron chi connectivity index (χ4n) is 1.79. The lowest BCUT2D eigenvalue weighted by molar-refractivity contribution is -0.0632. The molecule has 1 unspecified atom stereocenters. The van der Waals surface area contributed by atoms with Gasteiger partial charge in [0.05, 0.1) is 0 Å². The number of benzene rings is 1. The lowest BCUT2D eigenvalue weighted by Gasteiger charge is -2.36. The van der Waals surface area contributed by atoms with Crippen molar-refractivity contribution in [2.24, 2.45) is 5.41 Å². The van der Waals surface area contributed by atoms with Crippen molar-refractivity contribution in [3.63, 3.8) is 0 Å². The smallest absolute Gasteiger partial charge is 0.168 e. The van der Waals surface area contributed by atoms with E-state index in [1.54, 1.807) is 12.1 Å². The first kappa shape index (κ1) is 13.2. The Labute approximate surface area is 106 Å². The predicted molar refractivity (Wildman–Crippen MR) is 66.4 cm³/mol. The molecular weight excluding hydrogens is 263 g/mol. The standard InChI is InChI=1S/C11H15ClO4P/c1-11(2)7-15-17(13,14)16-10(11)8-3-5-9(12)6-4-8/h3-6,10,13-14H,7H2,1-2H3/q+1. The third-order valence-electron chi connectivity index (χ3n) is 2.73. The van der Waals surface area contributed by atoms with E-state index in [9.17, 15) is 9.79 Å². The molecule has 0 amide bonds. The van der Waals surface area contributed by atoms with E-state index in [1.165, 1.54) is 0 Å². The third kappa shape index (κ3) is 2.97. The van der Waals surface area contributed by atoms with Crippen molar-refractivity contribution in [2.75, 3.05) is 6.61 Å². The molecule has 2 rings (SSSR count). The van der Waals surface area contributed by atoms with Crippen molar-refractivity contribution in [1.29, 1.82) is 0 Å². The summed E-state index contributed by atoms with van der Waals surface area (Å²) in [4.78, 5) is 19.0. The molecule has 1 saturated heterocycles. The maximum Gasteiger partial charge on any atom is 0.570 e. The van der Waals surface area contributed by atoms with Gasteiger partial charge in [0, 0.05) is 10.4 Å². The van der Waals surface area contributed by atoms with Gasteiger partial charge in [-0.3, -0.25) is 0 Å². The zero-order chi connectivity index (χ0) is 12.7. The molecule has 0 aliphatic carbocycles. The number of halogens is 1. The maximum atomic E-state index is 9.49. The SMILES string of the molecule is CC1(C)CO[P+](O)(O)OC1c1ccc(Cl)cc1. The third-order valence-corrected chi connectivity index (χ3v) is 3.93. The van der Waals surface area contributed by atoms with Gasteiger partial charge in [-0.25, -0.2) is 0 Å². The summed E-state index contributed by atoms with van der Waals surface area (Å²) in [5.41, 5.74) is 0.526. The Balaban J connectivity index is 2.30. The molecule has 1 atom stereocenters. The molecule has 2 N–H and O–H groups in total. The quantitative estimate of drug-likeness (QED) is 0.775. The Hall–Kier alpha value is -0.220. The van der Waals surface area contributed by atoms with E-state index in [0.29, 0.717) is 5.02 Å². The van der Waals surface area contributed by atoms with Crippen LogP contribution in [0.2, 0.25) is 5.02 Å². The summed E-state index contributed by atoms with van der Waals surface area (Å²) in [5, 5.41) is 0.632. The van der Waals surface area contributed by atoms with Crippen LogP contribution in [0.3, 0.4) is 0 Å². The summed E-state index contributed by atoms with van der Waals surface area (Å²) < 4.78 is 10.2. The van der Waals surface area contributed by atoms with Crippen LogP contribution in [-0.2, 0) is 9.05 Å². The topological polar surface area (TPSA) is 58.9 Å². The van der Waals surface area contributed by atoms with Gasteiger partial charge in [0.25, 0.3) is 0 Å². The van der Waals surface area contributed by atoms with Gasteiger partial charge < -0.3 is 0 Å². The Morgan fingerprint density at radius 3 is 2.47 bits per heavy atom. The molecule has 1 aliphatic rings. The van der Waals surface area contributed by atoms with Crippen LogP contribution < -0.4 is 0 Å². The highest BCUT2D eigenvalue weighted by Crippen LogP contribution is 2.63. The van der Waals surface area contributed by atoms with Gasteiger partial charge in [0.2, 0.25) is 0 Å². The fraction of sp³-hybridized carbons (Fsp3) is 0.455. The van der Waals surface area contributed by atoms with Gasteiger partial charge >= 0.3 is 8.17 Å². The molecule has 4 nitrogen and oxygen atoms in total. The van der Waals surface area contributed by atoms with Crippen molar-refractivity contribution in [1.82, 2.24) is 0 Å². The first-order valence-corrected chi connectivity index (χ1v) is 7.14. The van der Waals surface area contributed by atoms with Gasteiger partial charge in [-0.1, -0.05) is 37.6 Å². The zero-order valence-electron chi connectivity index (χ0n) is 9.63. The fourth-order valence-corrected chi connectivity index (χ4v) is 3.16. The maximum absolute atomic E-state index is 9.49. The van der Waals surface area contributed by atoms with E-state index in [-0.39, 0.29) is 12.0 Å². The number of hydrogen-bond acceptors (Lipinski definition) is 4. The van der Waals surface area contributed by atoms with E-state index in [0.717, 1.165) is 5.56 Å². The molecule has 17 heavy (non-hydrogen) atoms. The molecule has 1 heterocycles. The van der Waals surface area contributed by atoms with Crippen LogP contribution in [-0.4, -0.2) is 16.4 Å². The second kappa shape index (κ2) is 4.47. The molecule has 0 saturated carbocycles. The van der Waals surface area contributed by atoms with Crippen molar-refractivity contribution < 1.29 is 18.8 Å².